The first-order chi connectivity index (χ1) is 9.53. The van der Waals surface area contributed by atoms with Gasteiger partial charge in [0, 0.05) is 31.7 Å². The molecule has 1 saturated heterocycles. The molecule has 0 aliphatic carbocycles. The van der Waals surface area contributed by atoms with Crippen LogP contribution in [-0.4, -0.2) is 53.6 Å². The quantitative estimate of drug-likeness (QED) is 0.827. The van der Waals surface area contributed by atoms with Crippen LogP contribution in [0.25, 0.3) is 0 Å². The van der Waals surface area contributed by atoms with Gasteiger partial charge in [-0.25, -0.2) is 4.98 Å². The van der Waals surface area contributed by atoms with E-state index in [1.165, 1.54) is 0 Å². The molecule has 1 aromatic heterocycles. The second-order valence-corrected chi connectivity index (χ2v) is 6.20. The highest BCUT2D eigenvalue weighted by atomic mass is 15.3. The van der Waals surface area contributed by atoms with Gasteiger partial charge >= 0.3 is 0 Å². The Morgan fingerprint density at radius 3 is 2.65 bits per heavy atom. The average molecular weight is 277 g/mol. The number of nitrogens with one attached hydrogen (secondary N) is 1. The van der Waals surface area contributed by atoms with Gasteiger partial charge in [-0.1, -0.05) is 6.92 Å². The summed E-state index contributed by atoms with van der Waals surface area (Å²) in [6, 6.07) is 0. The number of rotatable bonds is 5. The van der Waals surface area contributed by atoms with Gasteiger partial charge in [0.1, 0.15) is 5.82 Å². The number of aromatic nitrogens is 2. The number of anilines is 1. The zero-order valence-electron chi connectivity index (χ0n) is 13.2. The average Bonchev–Trinajstić information content (AvgIpc) is 2.43. The van der Waals surface area contributed by atoms with Gasteiger partial charge in [-0.3, -0.25) is 9.88 Å². The molecule has 20 heavy (non-hydrogen) atoms. The summed E-state index contributed by atoms with van der Waals surface area (Å²) in [5, 5.41) is 3.35. The monoisotopic (exact) mass is 277 g/mol. The zero-order valence-corrected chi connectivity index (χ0v) is 13.2. The number of likely N-dealkylation sites (N-methyl/N-ethyl adjacent to an activating group) is 1. The Hall–Kier alpha value is -1.20. The van der Waals surface area contributed by atoms with E-state index in [1.54, 1.807) is 0 Å². The highest BCUT2D eigenvalue weighted by molar-refractivity contribution is 5.37. The molecule has 2 heterocycles. The van der Waals surface area contributed by atoms with Crippen LogP contribution in [0, 0.1) is 0 Å². The topological polar surface area (TPSA) is 44.3 Å². The summed E-state index contributed by atoms with van der Waals surface area (Å²) < 4.78 is 0. The minimum Gasteiger partial charge on any atom is -0.352 e. The smallest absolute Gasteiger partial charge is 0.147 e. The summed E-state index contributed by atoms with van der Waals surface area (Å²) in [4.78, 5) is 13.8. The van der Waals surface area contributed by atoms with Crippen molar-refractivity contribution in [3.8, 4) is 0 Å². The van der Waals surface area contributed by atoms with Gasteiger partial charge in [-0.15, -0.1) is 0 Å². The van der Waals surface area contributed by atoms with Crippen molar-refractivity contribution in [3.63, 3.8) is 0 Å². The number of hydrogen-bond donors (Lipinski definition) is 1. The van der Waals surface area contributed by atoms with Crippen LogP contribution in [0.15, 0.2) is 12.4 Å². The third-order valence-corrected chi connectivity index (χ3v) is 4.07. The molecule has 5 heteroatoms. The van der Waals surface area contributed by atoms with Crippen LogP contribution >= 0.6 is 0 Å². The fourth-order valence-corrected chi connectivity index (χ4v) is 2.43. The summed E-state index contributed by atoms with van der Waals surface area (Å²) >= 11 is 0. The molecule has 0 bridgehead atoms. The van der Waals surface area contributed by atoms with Crippen LogP contribution in [-0.2, 0) is 6.54 Å². The summed E-state index contributed by atoms with van der Waals surface area (Å²) in [7, 11) is 2.19. The van der Waals surface area contributed by atoms with Crippen molar-refractivity contribution in [1.82, 2.24) is 20.2 Å². The second-order valence-electron chi connectivity index (χ2n) is 6.20. The first kappa shape index (κ1) is 15.2. The highest BCUT2D eigenvalue weighted by Crippen LogP contribution is 2.22. The largest absolute Gasteiger partial charge is 0.352 e. The van der Waals surface area contributed by atoms with E-state index >= 15 is 0 Å². The van der Waals surface area contributed by atoms with Gasteiger partial charge in [0.2, 0.25) is 0 Å². The van der Waals surface area contributed by atoms with Crippen LogP contribution < -0.4 is 10.2 Å². The molecule has 1 fully saturated rings. The maximum absolute atomic E-state index is 4.58. The van der Waals surface area contributed by atoms with E-state index < -0.39 is 0 Å². The van der Waals surface area contributed by atoms with E-state index in [-0.39, 0.29) is 5.54 Å². The minimum absolute atomic E-state index is 0.182. The van der Waals surface area contributed by atoms with Crippen molar-refractivity contribution >= 4 is 5.82 Å². The summed E-state index contributed by atoms with van der Waals surface area (Å²) in [5.74, 6) is 0.991. The fourth-order valence-electron chi connectivity index (χ4n) is 2.43. The number of nitrogens with zero attached hydrogens (tertiary/aromatic N) is 4. The van der Waals surface area contributed by atoms with E-state index in [4.69, 9.17) is 0 Å². The van der Waals surface area contributed by atoms with Gasteiger partial charge < -0.3 is 10.2 Å². The Morgan fingerprint density at radius 1 is 1.25 bits per heavy atom. The predicted octanol–water partition coefficient (Wildman–Crippen LogP) is 1.51. The van der Waals surface area contributed by atoms with Crippen molar-refractivity contribution in [3.05, 3.63) is 18.1 Å². The standard InChI is InChI=1S/C15H27N5/c1-5-6-16-9-13-10-18-14(11-17-13)20-8-7-19(4)15(2,3)12-20/h10-11,16H,5-9,12H2,1-4H3. The van der Waals surface area contributed by atoms with Gasteiger partial charge in [0.05, 0.1) is 18.1 Å². The number of piperazine rings is 1. The van der Waals surface area contributed by atoms with Crippen molar-refractivity contribution in [2.45, 2.75) is 39.3 Å². The molecule has 0 amide bonds. The molecule has 1 aromatic rings. The summed E-state index contributed by atoms with van der Waals surface area (Å²) in [5.41, 5.74) is 1.19. The van der Waals surface area contributed by atoms with E-state index in [0.29, 0.717) is 0 Å². The zero-order chi connectivity index (χ0) is 14.6. The molecule has 0 atom stereocenters. The van der Waals surface area contributed by atoms with Crippen molar-refractivity contribution in [1.29, 1.82) is 0 Å². The molecule has 2 rings (SSSR count). The summed E-state index contributed by atoms with van der Waals surface area (Å²) in [6.45, 7) is 11.6. The lowest BCUT2D eigenvalue weighted by atomic mass is 10.00. The fraction of sp³-hybridized carbons (Fsp3) is 0.733. The molecular weight excluding hydrogens is 250 g/mol. The van der Waals surface area contributed by atoms with Crippen LogP contribution in [0.1, 0.15) is 32.9 Å². The third-order valence-electron chi connectivity index (χ3n) is 4.07. The van der Waals surface area contributed by atoms with Crippen LogP contribution in [0.5, 0.6) is 0 Å². The lowest BCUT2D eigenvalue weighted by Gasteiger charge is -2.45. The lowest BCUT2D eigenvalue weighted by Crippen LogP contribution is -2.57. The molecule has 0 radical (unpaired) electrons. The summed E-state index contributed by atoms with van der Waals surface area (Å²) in [6.07, 6.45) is 4.94. The highest BCUT2D eigenvalue weighted by Gasteiger charge is 2.31. The van der Waals surface area contributed by atoms with Gasteiger partial charge in [-0.05, 0) is 33.9 Å². The maximum Gasteiger partial charge on any atom is 0.147 e. The lowest BCUT2D eigenvalue weighted by molar-refractivity contribution is 0.138. The molecule has 0 aromatic carbocycles. The van der Waals surface area contributed by atoms with Crippen molar-refractivity contribution < 1.29 is 0 Å². The van der Waals surface area contributed by atoms with Gasteiger partial charge in [-0.2, -0.15) is 0 Å². The number of hydrogen-bond acceptors (Lipinski definition) is 5. The predicted molar refractivity (Wildman–Crippen MR) is 83.0 cm³/mol. The Kier molecular flexibility index (Phi) is 4.94. The molecule has 5 nitrogen and oxygen atoms in total. The normalized spacial score (nSPS) is 19.3. The Bertz CT molecular complexity index is 415. The first-order valence-corrected chi connectivity index (χ1v) is 7.51. The third kappa shape index (κ3) is 3.67. The molecule has 112 valence electrons. The Labute approximate surface area is 122 Å². The molecule has 1 aliphatic rings. The first-order valence-electron chi connectivity index (χ1n) is 7.51. The van der Waals surface area contributed by atoms with Gasteiger partial charge in [0.25, 0.3) is 0 Å². The van der Waals surface area contributed by atoms with Crippen molar-refractivity contribution in [2.75, 3.05) is 38.1 Å². The Balaban J connectivity index is 1.96. The van der Waals surface area contributed by atoms with E-state index in [1.807, 2.05) is 12.4 Å². The van der Waals surface area contributed by atoms with Crippen LogP contribution in [0.4, 0.5) is 5.82 Å². The van der Waals surface area contributed by atoms with Gasteiger partial charge in [0.15, 0.2) is 0 Å². The van der Waals surface area contributed by atoms with Crippen molar-refractivity contribution in [2.24, 2.45) is 0 Å². The minimum atomic E-state index is 0.182. The van der Waals surface area contributed by atoms with E-state index in [9.17, 15) is 0 Å². The van der Waals surface area contributed by atoms with E-state index in [0.717, 1.165) is 50.7 Å². The van der Waals surface area contributed by atoms with Crippen LogP contribution in [0.2, 0.25) is 0 Å². The SMILES string of the molecule is CCCNCc1cnc(N2CCN(C)C(C)(C)C2)cn1. The molecule has 1 N–H and O–H groups in total. The Morgan fingerprint density at radius 2 is 2.05 bits per heavy atom. The van der Waals surface area contributed by atoms with E-state index in [2.05, 4.69) is 52.9 Å². The molecule has 0 saturated carbocycles. The molecule has 1 aliphatic heterocycles. The second kappa shape index (κ2) is 6.50. The maximum atomic E-state index is 4.58. The molecular formula is C15H27N5. The van der Waals surface area contributed by atoms with Crippen LogP contribution in [0.3, 0.4) is 0 Å². The molecule has 0 spiro atoms. The molecule has 0 unspecified atom stereocenters.